The van der Waals surface area contributed by atoms with E-state index >= 15 is 0 Å². The van der Waals surface area contributed by atoms with E-state index in [0.717, 1.165) is 5.56 Å². The largest absolute Gasteiger partial charge is 0.694 e. The first kappa shape index (κ1) is 23.9. The van der Waals surface area contributed by atoms with E-state index in [-0.39, 0.29) is 26.0 Å². The molecule has 0 saturated carbocycles. The van der Waals surface area contributed by atoms with Gasteiger partial charge < -0.3 is 9.26 Å². The second-order valence-corrected chi connectivity index (χ2v) is 7.52. The lowest BCUT2D eigenvalue weighted by molar-refractivity contribution is -0.147. The summed E-state index contributed by atoms with van der Waals surface area (Å²) in [5, 5.41) is 0. The standard InChI is InChI=1S/C13H19O5P.C2H5O3P/c1-3-17-19(15,4-2)18-11-13(14)16-10-12-8-6-5-7-9-12;1-2-5-6(3)4/h5-9H,3-4,10-11H2,1-2H3;2H2,1H3/p+1. The molecule has 1 N–H and O–H groups in total. The van der Waals surface area contributed by atoms with Crippen LogP contribution in [0.4, 0.5) is 0 Å². The van der Waals surface area contributed by atoms with Crippen LogP contribution < -0.4 is 0 Å². The fraction of sp³-hybridized carbons (Fsp3) is 0.533. The lowest BCUT2D eigenvalue weighted by Gasteiger charge is -2.15. The number of carbonyl (C=O) groups is 1. The first-order valence-corrected chi connectivity index (χ1v) is 10.6. The van der Waals surface area contributed by atoms with Crippen LogP contribution >= 0.6 is 15.9 Å². The van der Waals surface area contributed by atoms with Gasteiger partial charge in [0.15, 0.2) is 6.61 Å². The number of benzene rings is 1. The van der Waals surface area contributed by atoms with Crippen LogP contribution in [0.15, 0.2) is 30.3 Å². The first-order valence-electron chi connectivity index (χ1n) is 7.73. The van der Waals surface area contributed by atoms with Crippen LogP contribution in [0.5, 0.6) is 0 Å². The number of carbonyl (C=O) groups excluding carboxylic acids is 1. The molecule has 2 unspecified atom stereocenters. The highest BCUT2D eigenvalue weighted by molar-refractivity contribution is 7.53. The van der Waals surface area contributed by atoms with E-state index in [0.29, 0.717) is 6.61 Å². The predicted molar refractivity (Wildman–Crippen MR) is 93.4 cm³/mol. The zero-order valence-corrected chi connectivity index (χ0v) is 16.4. The minimum atomic E-state index is -3.15. The van der Waals surface area contributed by atoms with Crippen LogP contribution in [-0.4, -0.2) is 36.8 Å². The zero-order valence-electron chi connectivity index (χ0n) is 14.6. The van der Waals surface area contributed by atoms with Gasteiger partial charge >= 0.3 is 21.8 Å². The molecule has 142 valence electrons. The molecule has 1 aromatic carbocycles. The molecule has 0 heterocycles. The Morgan fingerprint density at radius 2 is 1.76 bits per heavy atom. The van der Waals surface area contributed by atoms with Crippen molar-refractivity contribution in [3.63, 3.8) is 0 Å². The number of esters is 1. The Morgan fingerprint density at radius 3 is 2.20 bits per heavy atom. The molecule has 0 aromatic heterocycles. The van der Waals surface area contributed by atoms with E-state index in [1.54, 1.807) is 20.8 Å². The third-order valence-electron chi connectivity index (χ3n) is 2.57. The molecule has 2 atom stereocenters. The van der Waals surface area contributed by atoms with Crippen molar-refractivity contribution in [3.8, 4) is 0 Å². The van der Waals surface area contributed by atoms with Gasteiger partial charge in [-0.25, -0.2) is 4.79 Å². The van der Waals surface area contributed by atoms with Crippen LogP contribution in [0, 0.1) is 0 Å². The normalized spacial score (nSPS) is 13.2. The quantitative estimate of drug-likeness (QED) is 0.472. The van der Waals surface area contributed by atoms with Crippen molar-refractivity contribution in [1.29, 1.82) is 0 Å². The molecular weight excluding hydrogens is 370 g/mol. The molecule has 0 amide bonds. The summed E-state index contributed by atoms with van der Waals surface area (Å²) in [7, 11) is -5.50. The first-order chi connectivity index (χ1) is 11.9. The van der Waals surface area contributed by atoms with Crippen molar-refractivity contribution in [1.82, 2.24) is 0 Å². The Morgan fingerprint density at radius 1 is 1.12 bits per heavy atom. The maximum absolute atomic E-state index is 11.9. The van der Waals surface area contributed by atoms with Crippen molar-refractivity contribution in [2.75, 3.05) is 26.0 Å². The third-order valence-corrected chi connectivity index (χ3v) is 5.00. The van der Waals surface area contributed by atoms with Gasteiger partial charge in [-0.05, 0) is 19.4 Å². The van der Waals surface area contributed by atoms with Crippen LogP contribution in [-0.2, 0) is 38.8 Å². The van der Waals surface area contributed by atoms with E-state index < -0.39 is 21.8 Å². The van der Waals surface area contributed by atoms with Gasteiger partial charge in [0.2, 0.25) is 0 Å². The Balaban J connectivity index is 0.000000823. The molecule has 0 saturated heterocycles. The summed E-state index contributed by atoms with van der Waals surface area (Å²) >= 11 is 0. The summed E-state index contributed by atoms with van der Waals surface area (Å²) in [5.41, 5.74) is 0.888. The zero-order chi connectivity index (χ0) is 19.1. The summed E-state index contributed by atoms with van der Waals surface area (Å²) in [5.74, 6) is -0.558. The number of ether oxygens (including phenoxy) is 1. The molecule has 0 bridgehead atoms. The van der Waals surface area contributed by atoms with Crippen molar-refractivity contribution in [3.05, 3.63) is 35.9 Å². The van der Waals surface area contributed by atoms with E-state index in [9.17, 15) is 13.9 Å². The minimum Gasteiger partial charge on any atom is -0.459 e. The van der Waals surface area contributed by atoms with Gasteiger partial charge in [0.25, 0.3) is 0 Å². The Labute approximate surface area is 148 Å². The summed E-state index contributed by atoms with van der Waals surface area (Å²) in [6.45, 7) is 5.45. The molecular formula is C15H25O8P2+. The second kappa shape index (κ2) is 14.1. The van der Waals surface area contributed by atoms with E-state index in [4.69, 9.17) is 18.7 Å². The SMILES string of the molecule is CCOP(=O)(CC)OCC(=O)OCc1ccccc1.CCO[P+](=O)O. The molecule has 0 aliphatic heterocycles. The van der Waals surface area contributed by atoms with Crippen molar-refractivity contribution in [2.24, 2.45) is 0 Å². The maximum atomic E-state index is 11.9. The van der Waals surface area contributed by atoms with Gasteiger partial charge in [0, 0.05) is 10.7 Å². The average Bonchev–Trinajstić information content (AvgIpc) is 2.60. The van der Waals surface area contributed by atoms with Crippen molar-refractivity contribution in [2.45, 2.75) is 27.4 Å². The molecule has 0 spiro atoms. The monoisotopic (exact) mass is 395 g/mol. The fourth-order valence-corrected chi connectivity index (χ4v) is 2.81. The van der Waals surface area contributed by atoms with E-state index in [1.165, 1.54) is 0 Å². The van der Waals surface area contributed by atoms with Gasteiger partial charge in [-0.3, -0.25) is 9.09 Å². The van der Waals surface area contributed by atoms with Gasteiger partial charge in [0.05, 0.1) is 6.61 Å². The molecule has 0 radical (unpaired) electrons. The van der Waals surface area contributed by atoms with Crippen LogP contribution in [0.25, 0.3) is 0 Å². The van der Waals surface area contributed by atoms with Crippen LogP contribution in [0.1, 0.15) is 26.3 Å². The van der Waals surface area contributed by atoms with Gasteiger partial charge in [-0.1, -0.05) is 37.3 Å². The average molecular weight is 395 g/mol. The van der Waals surface area contributed by atoms with Crippen molar-refractivity contribution >= 4 is 21.8 Å². The van der Waals surface area contributed by atoms with Crippen LogP contribution in [0.3, 0.4) is 0 Å². The van der Waals surface area contributed by atoms with E-state index in [1.807, 2.05) is 30.3 Å². The van der Waals surface area contributed by atoms with Gasteiger partial charge in [0.1, 0.15) is 13.2 Å². The van der Waals surface area contributed by atoms with Gasteiger partial charge in [-0.15, -0.1) is 9.42 Å². The number of hydrogen-bond acceptors (Lipinski definition) is 7. The highest BCUT2D eigenvalue weighted by Crippen LogP contribution is 2.47. The van der Waals surface area contributed by atoms with E-state index in [2.05, 4.69) is 4.52 Å². The predicted octanol–water partition coefficient (Wildman–Crippen LogP) is 3.67. The smallest absolute Gasteiger partial charge is 0.459 e. The summed E-state index contributed by atoms with van der Waals surface area (Å²) in [6.07, 6.45) is 0.229. The summed E-state index contributed by atoms with van der Waals surface area (Å²) in [6, 6.07) is 9.31. The van der Waals surface area contributed by atoms with Gasteiger partial charge in [-0.2, -0.15) is 0 Å². The summed E-state index contributed by atoms with van der Waals surface area (Å²) in [4.78, 5) is 19.3. The molecule has 1 rings (SSSR count). The third kappa shape index (κ3) is 12.8. The molecule has 0 aliphatic carbocycles. The highest BCUT2D eigenvalue weighted by Gasteiger charge is 2.22. The Bertz CT molecular complexity index is 550. The Kier molecular flexibility index (Phi) is 13.4. The molecule has 8 nitrogen and oxygen atoms in total. The summed E-state index contributed by atoms with van der Waals surface area (Å²) < 4.78 is 40.6. The molecule has 0 fully saturated rings. The lowest BCUT2D eigenvalue weighted by atomic mass is 10.2. The minimum absolute atomic E-state index is 0.175. The number of rotatable bonds is 10. The molecule has 25 heavy (non-hydrogen) atoms. The fourth-order valence-electron chi connectivity index (χ4n) is 1.46. The molecule has 0 aliphatic rings. The molecule has 10 heteroatoms. The lowest BCUT2D eigenvalue weighted by Crippen LogP contribution is -2.13. The highest BCUT2D eigenvalue weighted by atomic mass is 31.2. The second-order valence-electron chi connectivity index (χ2n) is 4.42. The number of hydrogen-bond donors (Lipinski definition) is 1. The maximum Gasteiger partial charge on any atom is 0.694 e. The van der Waals surface area contributed by atoms with Crippen LogP contribution in [0.2, 0.25) is 0 Å². The molecule has 1 aromatic rings. The topological polar surface area (TPSA) is 108 Å². The Hall–Kier alpha value is -1.14. The van der Waals surface area contributed by atoms with Crippen molar-refractivity contribution < 1.29 is 37.1 Å².